The van der Waals surface area contributed by atoms with Crippen LogP contribution in [0, 0.1) is 6.92 Å². The zero-order valence-corrected chi connectivity index (χ0v) is 20.1. The highest BCUT2D eigenvalue weighted by atomic mass is 35.5. The number of nitrogens with one attached hydrogen (secondary N) is 1. The minimum absolute atomic E-state index is 0.0840. The fourth-order valence-corrected chi connectivity index (χ4v) is 4.66. The maximum Gasteiger partial charge on any atom is 0.244 e. The van der Waals surface area contributed by atoms with Crippen LogP contribution in [0.5, 0.6) is 0 Å². The Morgan fingerprint density at radius 3 is 2.74 bits per heavy atom. The predicted molar refractivity (Wildman–Crippen MR) is 135 cm³/mol. The SMILES string of the molecule is Cc1c(N)cncc1-c1cc(Cl)c2cnc(Nc3cc4n(n3)CC(=O)N(C(C)C)CC4)cc2c1. The smallest absolute Gasteiger partial charge is 0.244 e. The molecule has 174 valence electrons. The van der Waals surface area contributed by atoms with Crippen molar-refractivity contribution in [2.24, 2.45) is 0 Å². The van der Waals surface area contributed by atoms with Crippen molar-refractivity contribution in [1.29, 1.82) is 0 Å². The number of nitrogens with zero attached hydrogens (tertiary/aromatic N) is 5. The molecule has 0 spiro atoms. The zero-order valence-electron chi connectivity index (χ0n) is 19.3. The van der Waals surface area contributed by atoms with E-state index in [1.54, 1.807) is 23.3 Å². The molecule has 0 unspecified atom stereocenters. The third-order valence-electron chi connectivity index (χ3n) is 6.31. The van der Waals surface area contributed by atoms with Crippen molar-refractivity contribution in [1.82, 2.24) is 24.6 Å². The van der Waals surface area contributed by atoms with Crippen LogP contribution in [0.4, 0.5) is 17.3 Å². The molecule has 0 aliphatic carbocycles. The lowest BCUT2D eigenvalue weighted by molar-refractivity contribution is -0.133. The molecule has 1 aromatic carbocycles. The molecule has 0 saturated carbocycles. The van der Waals surface area contributed by atoms with Gasteiger partial charge >= 0.3 is 0 Å². The number of anilines is 3. The fourth-order valence-electron chi connectivity index (χ4n) is 4.38. The van der Waals surface area contributed by atoms with Crippen LogP contribution >= 0.6 is 11.6 Å². The summed E-state index contributed by atoms with van der Waals surface area (Å²) in [5.41, 5.74) is 10.6. The number of hydrogen-bond acceptors (Lipinski definition) is 6. The van der Waals surface area contributed by atoms with Crippen molar-refractivity contribution >= 4 is 45.6 Å². The summed E-state index contributed by atoms with van der Waals surface area (Å²) in [6, 6.07) is 8.06. The quantitative estimate of drug-likeness (QED) is 0.448. The van der Waals surface area contributed by atoms with Gasteiger partial charge in [-0.2, -0.15) is 5.10 Å². The molecule has 1 aliphatic heterocycles. The summed E-state index contributed by atoms with van der Waals surface area (Å²) >= 11 is 6.58. The molecule has 4 aromatic rings. The van der Waals surface area contributed by atoms with Gasteiger partial charge in [0.1, 0.15) is 12.4 Å². The molecular formula is C25H26ClN7O. The molecule has 5 rings (SSSR count). The van der Waals surface area contributed by atoms with Crippen molar-refractivity contribution < 1.29 is 4.79 Å². The molecule has 1 aliphatic rings. The average Bonchev–Trinajstić information content (AvgIpc) is 3.08. The standard InChI is InChI=1S/C25H26ClN7O/c1-14(2)32-5-4-18-9-24(31-33(18)13-25(32)34)30-23-8-17-6-16(7-21(26)20(17)11-29-23)19-10-28-12-22(27)15(19)3/h6-12,14H,4-5,13,27H2,1-3H3,(H,29,30,31). The van der Waals surface area contributed by atoms with Crippen molar-refractivity contribution in [3.05, 3.63) is 59.1 Å². The summed E-state index contributed by atoms with van der Waals surface area (Å²) < 4.78 is 1.78. The molecule has 0 saturated heterocycles. The van der Waals surface area contributed by atoms with Crippen LogP contribution in [0.3, 0.4) is 0 Å². The van der Waals surface area contributed by atoms with Crippen LogP contribution in [-0.2, 0) is 17.8 Å². The van der Waals surface area contributed by atoms with Crippen molar-refractivity contribution in [3.63, 3.8) is 0 Å². The van der Waals surface area contributed by atoms with E-state index in [1.807, 2.05) is 43.9 Å². The van der Waals surface area contributed by atoms with E-state index in [-0.39, 0.29) is 18.5 Å². The summed E-state index contributed by atoms with van der Waals surface area (Å²) in [4.78, 5) is 23.2. The van der Waals surface area contributed by atoms with E-state index in [4.69, 9.17) is 17.3 Å². The molecule has 4 heterocycles. The molecule has 0 fully saturated rings. The number of fused-ring (bicyclic) bond motifs is 2. The molecule has 1 amide bonds. The Morgan fingerprint density at radius 1 is 1.12 bits per heavy atom. The molecule has 3 aromatic heterocycles. The number of rotatable bonds is 4. The number of nitrogen functional groups attached to an aromatic ring is 1. The molecule has 34 heavy (non-hydrogen) atoms. The number of benzene rings is 1. The van der Waals surface area contributed by atoms with E-state index in [9.17, 15) is 4.79 Å². The summed E-state index contributed by atoms with van der Waals surface area (Å²) in [5.74, 6) is 1.39. The molecule has 3 N–H and O–H groups in total. The van der Waals surface area contributed by atoms with Crippen LogP contribution < -0.4 is 11.1 Å². The normalized spacial score (nSPS) is 13.9. The van der Waals surface area contributed by atoms with E-state index in [1.165, 1.54) is 0 Å². The third kappa shape index (κ3) is 4.05. The van der Waals surface area contributed by atoms with Crippen LogP contribution in [0.25, 0.3) is 21.9 Å². The Balaban J connectivity index is 1.45. The predicted octanol–water partition coefficient (Wildman–Crippen LogP) is 4.57. The van der Waals surface area contributed by atoms with Gasteiger partial charge in [0, 0.05) is 54.1 Å². The zero-order chi connectivity index (χ0) is 24.0. The summed E-state index contributed by atoms with van der Waals surface area (Å²) in [6.45, 7) is 6.97. The average molecular weight is 476 g/mol. The minimum Gasteiger partial charge on any atom is -0.397 e. The second kappa shape index (κ2) is 8.61. The molecule has 8 nitrogen and oxygen atoms in total. The van der Waals surface area contributed by atoms with Crippen LogP contribution in [0.2, 0.25) is 5.02 Å². The van der Waals surface area contributed by atoms with Gasteiger partial charge in [0.2, 0.25) is 5.91 Å². The number of halogens is 1. The Hall–Kier alpha value is -3.65. The third-order valence-corrected chi connectivity index (χ3v) is 6.62. The molecular weight excluding hydrogens is 450 g/mol. The lowest BCUT2D eigenvalue weighted by Gasteiger charge is -2.24. The first-order valence-corrected chi connectivity index (χ1v) is 11.6. The number of carbonyl (C=O) groups excluding carboxylic acids is 1. The van der Waals surface area contributed by atoms with Gasteiger partial charge in [0.15, 0.2) is 5.82 Å². The summed E-state index contributed by atoms with van der Waals surface area (Å²) in [5, 5.41) is 10.3. The highest BCUT2D eigenvalue weighted by Crippen LogP contribution is 2.34. The van der Waals surface area contributed by atoms with E-state index in [2.05, 4.69) is 26.4 Å². The minimum atomic E-state index is 0.0840. The molecule has 9 heteroatoms. The van der Waals surface area contributed by atoms with Gasteiger partial charge in [-0.25, -0.2) is 4.98 Å². The second-order valence-corrected chi connectivity index (χ2v) is 9.29. The van der Waals surface area contributed by atoms with Gasteiger partial charge in [0.25, 0.3) is 0 Å². The van der Waals surface area contributed by atoms with Crippen LogP contribution in [-0.4, -0.2) is 43.1 Å². The number of carbonyl (C=O) groups is 1. The number of hydrogen-bond donors (Lipinski definition) is 2. The van der Waals surface area contributed by atoms with Crippen molar-refractivity contribution in [2.75, 3.05) is 17.6 Å². The Morgan fingerprint density at radius 2 is 1.94 bits per heavy atom. The lowest BCUT2D eigenvalue weighted by atomic mass is 9.99. The van der Waals surface area contributed by atoms with E-state index in [0.717, 1.165) is 39.6 Å². The van der Waals surface area contributed by atoms with Gasteiger partial charge in [-0.1, -0.05) is 11.6 Å². The van der Waals surface area contributed by atoms with E-state index in [0.29, 0.717) is 28.9 Å². The Kier molecular flexibility index (Phi) is 5.61. The molecule has 0 bridgehead atoms. The number of pyridine rings is 2. The monoisotopic (exact) mass is 475 g/mol. The lowest BCUT2D eigenvalue weighted by Crippen LogP contribution is -2.38. The Labute approximate surface area is 202 Å². The van der Waals surface area contributed by atoms with Gasteiger partial charge < -0.3 is 16.0 Å². The second-order valence-electron chi connectivity index (χ2n) is 8.88. The van der Waals surface area contributed by atoms with Gasteiger partial charge in [0.05, 0.1) is 16.9 Å². The van der Waals surface area contributed by atoms with Crippen LogP contribution in [0.15, 0.2) is 42.9 Å². The van der Waals surface area contributed by atoms with Gasteiger partial charge in [-0.15, -0.1) is 0 Å². The number of nitrogens with two attached hydrogens (primary N) is 1. The maximum absolute atomic E-state index is 12.6. The van der Waals surface area contributed by atoms with E-state index >= 15 is 0 Å². The largest absolute Gasteiger partial charge is 0.397 e. The maximum atomic E-state index is 12.6. The van der Waals surface area contributed by atoms with Crippen LogP contribution in [0.1, 0.15) is 25.1 Å². The first kappa shape index (κ1) is 22.2. The highest BCUT2D eigenvalue weighted by molar-refractivity contribution is 6.36. The van der Waals surface area contributed by atoms with E-state index < -0.39 is 0 Å². The first-order valence-electron chi connectivity index (χ1n) is 11.2. The van der Waals surface area contributed by atoms with Crippen molar-refractivity contribution in [3.8, 4) is 11.1 Å². The summed E-state index contributed by atoms with van der Waals surface area (Å²) in [6.07, 6.45) is 5.95. The van der Waals surface area contributed by atoms with Gasteiger partial charge in [-0.05, 0) is 55.5 Å². The fraction of sp³-hybridized carbons (Fsp3) is 0.280. The Bertz CT molecular complexity index is 1410. The van der Waals surface area contributed by atoms with Gasteiger partial charge in [-0.3, -0.25) is 14.5 Å². The topological polar surface area (TPSA) is 102 Å². The van der Waals surface area contributed by atoms with Crippen molar-refractivity contribution in [2.45, 2.75) is 39.8 Å². The molecule has 0 radical (unpaired) electrons. The number of amides is 1. The highest BCUT2D eigenvalue weighted by Gasteiger charge is 2.23. The molecule has 0 atom stereocenters. The first-order chi connectivity index (χ1) is 16.3. The summed E-state index contributed by atoms with van der Waals surface area (Å²) in [7, 11) is 0. The number of aromatic nitrogens is 4.